The van der Waals surface area contributed by atoms with E-state index in [0.717, 1.165) is 12.5 Å². The first kappa shape index (κ1) is 22.7. The highest BCUT2D eigenvalue weighted by Crippen LogP contribution is 2.17. The molecule has 1 amide bonds. The minimum absolute atomic E-state index is 0. The molecular formula is C19H30FIN4O. The monoisotopic (exact) mass is 476 g/mol. The zero-order valence-corrected chi connectivity index (χ0v) is 17.7. The fraction of sp³-hybridized carbons (Fsp3) is 0.579. The zero-order chi connectivity index (χ0) is 17.9. The Balaban J connectivity index is 0.00000338. The molecule has 1 saturated carbocycles. The van der Waals surface area contributed by atoms with Crippen LogP contribution >= 0.6 is 24.0 Å². The maximum atomic E-state index is 13.1. The van der Waals surface area contributed by atoms with Crippen molar-refractivity contribution in [3.63, 3.8) is 0 Å². The second-order valence-corrected chi connectivity index (χ2v) is 6.40. The average Bonchev–Trinajstić information content (AvgIpc) is 2.60. The van der Waals surface area contributed by atoms with E-state index >= 15 is 0 Å². The van der Waals surface area contributed by atoms with Crippen molar-refractivity contribution < 1.29 is 9.18 Å². The minimum atomic E-state index is -0.320. The molecule has 7 heteroatoms. The van der Waals surface area contributed by atoms with Gasteiger partial charge in [0.1, 0.15) is 5.82 Å². The zero-order valence-electron chi connectivity index (χ0n) is 15.4. The number of carbonyl (C=O) groups excluding carboxylic acids is 1. The van der Waals surface area contributed by atoms with E-state index in [0.29, 0.717) is 24.7 Å². The number of rotatable bonds is 7. The van der Waals surface area contributed by atoms with Crippen LogP contribution < -0.4 is 16.0 Å². The smallest absolute Gasteiger partial charge is 0.224 e. The maximum absolute atomic E-state index is 13.1. The third kappa shape index (κ3) is 8.82. The molecule has 2 rings (SSSR count). The number of nitrogens with one attached hydrogen (secondary N) is 3. The molecule has 0 heterocycles. The van der Waals surface area contributed by atoms with Gasteiger partial charge in [-0.25, -0.2) is 4.39 Å². The maximum Gasteiger partial charge on any atom is 0.224 e. The molecule has 0 atom stereocenters. The highest BCUT2D eigenvalue weighted by Gasteiger charge is 2.14. The normalized spacial score (nSPS) is 15.1. The lowest BCUT2D eigenvalue weighted by Crippen LogP contribution is -2.44. The van der Waals surface area contributed by atoms with Crippen molar-refractivity contribution in [1.82, 2.24) is 16.0 Å². The summed E-state index contributed by atoms with van der Waals surface area (Å²) in [5, 5.41) is 9.55. The minimum Gasteiger partial charge on any atom is -0.357 e. The number of halogens is 2. The summed E-state index contributed by atoms with van der Waals surface area (Å²) in [4.78, 5) is 16.4. The molecule has 0 bridgehead atoms. The van der Waals surface area contributed by atoms with E-state index in [2.05, 4.69) is 20.9 Å². The number of benzene rings is 1. The van der Waals surface area contributed by atoms with Gasteiger partial charge in [0.15, 0.2) is 5.96 Å². The van der Waals surface area contributed by atoms with Gasteiger partial charge < -0.3 is 16.0 Å². The molecule has 5 nitrogen and oxygen atoms in total. The Morgan fingerprint density at radius 1 is 1.23 bits per heavy atom. The number of amides is 1. The van der Waals surface area contributed by atoms with Gasteiger partial charge in [-0.15, -0.1) is 24.0 Å². The van der Waals surface area contributed by atoms with Gasteiger partial charge in [0.05, 0.1) is 13.0 Å². The first-order valence-corrected chi connectivity index (χ1v) is 9.23. The topological polar surface area (TPSA) is 65.5 Å². The van der Waals surface area contributed by atoms with Crippen LogP contribution in [0.3, 0.4) is 0 Å². The molecule has 1 fully saturated rings. The largest absolute Gasteiger partial charge is 0.357 e. The molecule has 26 heavy (non-hydrogen) atoms. The summed E-state index contributed by atoms with van der Waals surface area (Å²) < 4.78 is 13.1. The van der Waals surface area contributed by atoms with Crippen LogP contribution in [0.25, 0.3) is 0 Å². The number of hydrogen-bond donors (Lipinski definition) is 3. The van der Waals surface area contributed by atoms with Crippen LogP contribution in [0.2, 0.25) is 0 Å². The molecule has 0 saturated heterocycles. The predicted molar refractivity (Wildman–Crippen MR) is 115 cm³/mol. The molecule has 0 aromatic heterocycles. The van der Waals surface area contributed by atoms with E-state index < -0.39 is 0 Å². The second kappa shape index (κ2) is 12.9. The predicted octanol–water partition coefficient (Wildman–Crippen LogP) is 2.99. The van der Waals surface area contributed by atoms with Gasteiger partial charge in [-0.2, -0.15) is 0 Å². The van der Waals surface area contributed by atoms with Crippen LogP contribution in [0.5, 0.6) is 0 Å². The van der Waals surface area contributed by atoms with Crippen LogP contribution in [0.4, 0.5) is 4.39 Å². The van der Waals surface area contributed by atoms with Crippen LogP contribution in [-0.2, 0) is 11.2 Å². The van der Waals surface area contributed by atoms with Gasteiger partial charge in [-0.1, -0.05) is 31.4 Å². The average molecular weight is 476 g/mol. The molecule has 1 aromatic carbocycles. The molecule has 1 aliphatic carbocycles. The van der Waals surface area contributed by atoms with Crippen LogP contribution in [0, 0.1) is 5.82 Å². The Hall–Kier alpha value is -1.38. The molecule has 0 spiro atoms. The van der Waals surface area contributed by atoms with E-state index in [1.165, 1.54) is 44.2 Å². The molecule has 146 valence electrons. The number of hydrogen-bond acceptors (Lipinski definition) is 2. The van der Waals surface area contributed by atoms with Crippen molar-refractivity contribution in [2.75, 3.05) is 19.6 Å². The quantitative estimate of drug-likeness (QED) is 0.246. The van der Waals surface area contributed by atoms with Crippen molar-refractivity contribution in [2.24, 2.45) is 4.99 Å². The Labute approximate surface area is 172 Å². The van der Waals surface area contributed by atoms with E-state index in [9.17, 15) is 9.18 Å². The van der Waals surface area contributed by atoms with Crippen molar-refractivity contribution in [2.45, 2.75) is 51.5 Å². The molecule has 1 aliphatic rings. The van der Waals surface area contributed by atoms with Gasteiger partial charge in [0.25, 0.3) is 0 Å². The lowest BCUT2D eigenvalue weighted by Gasteiger charge is -2.24. The van der Waals surface area contributed by atoms with Crippen molar-refractivity contribution >= 4 is 35.8 Å². The molecule has 3 N–H and O–H groups in total. The number of aliphatic imine (C=N–C) groups is 1. The number of carbonyl (C=O) groups is 1. The Bertz CT molecular complexity index is 576. The third-order valence-corrected chi connectivity index (χ3v) is 4.25. The van der Waals surface area contributed by atoms with Crippen LogP contribution in [0.1, 0.15) is 44.6 Å². The fourth-order valence-electron chi connectivity index (χ4n) is 3.02. The van der Waals surface area contributed by atoms with E-state index in [1.54, 1.807) is 12.1 Å². The first-order valence-electron chi connectivity index (χ1n) is 9.23. The fourth-order valence-corrected chi connectivity index (χ4v) is 3.02. The van der Waals surface area contributed by atoms with Crippen LogP contribution in [0.15, 0.2) is 29.3 Å². The number of nitrogens with zero attached hydrogens (tertiary/aromatic N) is 1. The molecular weight excluding hydrogens is 446 g/mol. The first-order chi connectivity index (χ1) is 12.2. The summed E-state index contributed by atoms with van der Waals surface area (Å²) in [5.41, 5.74) is 0.674. The van der Waals surface area contributed by atoms with E-state index in [4.69, 9.17) is 0 Å². The Kier molecular flexibility index (Phi) is 11.2. The Morgan fingerprint density at radius 3 is 2.69 bits per heavy atom. The van der Waals surface area contributed by atoms with Gasteiger partial charge in [0, 0.05) is 19.1 Å². The molecule has 1 aromatic rings. The highest BCUT2D eigenvalue weighted by atomic mass is 127. The summed E-state index contributed by atoms with van der Waals surface area (Å²) in [6.45, 7) is 3.83. The van der Waals surface area contributed by atoms with Gasteiger partial charge in [-0.3, -0.25) is 9.79 Å². The lowest BCUT2D eigenvalue weighted by molar-refractivity contribution is -0.120. The van der Waals surface area contributed by atoms with Crippen molar-refractivity contribution in [1.29, 1.82) is 0 Å². The molecule has 0 aliphatic heterocycles. The van der Waals surface area contributed by atoms with Gasteiger partial charge >= 0.3 is 0 Å². The number of guanidine groups is 1. The molecule has 0 unspecified atom stereocenters. The summed E-state index contributed by atoms with van der Waals surface area (Å²) in [6, 6.07) is 6.61. The standard InChI is InChI=1S/C19H29FN4O.HI/c1-2-21-19(24-17-9-4-3-5-10-17)23-12-11-22-18(25)14-15-7-6-8-16(20)13-15;/h6-8,13,17H,2-5,9-12,14H2,1H3,(H,22,25)(H2,21,23,24);1H. The Morgan fingerprint density at radius 2 is 2.00 bits per heavy atom. The summed E-state index contributed by atoms with van der Waals surface area (Å²) in [5.74, 6) is 0.374. The van der Waals surface area contributed by atoms with Crippen molar-refractivity contribution in [3.8, 4) is 0 Å². The summed E-state index contributed by atoms with van der Waals surface area (Å²) >= 11 is 0. The summed E-state index contributed by atoms with van der Waals surface area (Å²) in [6.07, 6.45) is 6.43. The van der Waals surface area contributed by atoms with E-state index in [-0.39, 0.29) is 42.1 Å². The second-order valence-electron chi connectivity index (χ2n) is 6.40. The van der Waals surface area contributed by atoms with Gasteiger partial charge in [0.2, 0.25) is 5.91 Å². The van der Waals surface area contributed by atoms with Crippen LogP contribution in [-0.4, -0.2) is 37.5 Å². The van der Waals surface area contributed by atoms with Crippen molar-refractivity contribution in [3.05, 3.63) is 35.6 Å². The van der Waals surface area contributed by atoms with Gasteiger partial charge in [-0.05, 0) is 37.5 Å². The van der Waals surface area contributed by atoms with E-state index in [1.807, 2.05) is 6.92 Å². The summed E-state index contributed by atoms with van der Waals surface area (Å²) in [7, 11) is 0. The molecule has 0 radical (unpaired) electrons. The lowest BCUT2D eigenvalue weighted by atomic mass is 9.96. The third-order valence-electron chi connectivity index (χ3n) is 4.25. The highest BCUT2D eigenvalue weighted by molar-refractivity contribution is 14.0. The SMILES string of the molecule is CCNC(=NCCNC(=O)Cc1cccc(F)c1)NC1CCCCC1.I.